The van der Waals surface area contributed by atoms with E-state index in [1.807, 2.05) is 6.92 Å². The molecular weight excluding hydrogens is 314 g/mol. The third-order valence-corrected chi connectivity index (χ3v) is 4.98. The lowest BCUT2D eigenvalue weighted by Gasteiger charge is -2.34. The quantitative estimate of drug-likeness (QED) is 0.715. The third-order valence-electron chi connectivity index (χ3n) is 4.98. The van der Waals surface area contributed by atoms with Crippen LogP contribution in [0.5, 0.6) is 0 Å². The Bertz CT molecular complexity index is 844. The van der Waals surface area contributed by atoms with Gasteiger partial charge in [0.1, 0.15) is 0 Å². The van der Waals surface area contributed by atoms with E-state index in [1.165, 1.54) is 16.5 Å². The molecule has 0 radical (unpaired) electrons. The number of benzene rings is 1. The fraction of sp³-hybridized carbons (Fsp3) is 0.474. The molecule has 0 amide bonds. The maximum atomic E-state index is 5.05. The van der Waals surface area contributed by atoms with Gasteiger partial charge in [-0.3, -0.25) is 9.80 Å². The first-order chi connectivity index (χ1) is 12.2. The van der Waals surface area contributed by atoms with Crippen molar-refractivity contribution in [3.05, 3.63) is 47.7 Å². The minimum Gasteiger partial charge on any atom is -0.348 e. The molecule has 6 nitrogen and oxygen atoms in total. The molecule has 0 saturated carbocycles. The van der Waals surface area contributed by atoms with Crippen LogP contribution >= 0.6 is 0 Å². The normalized spacial score (nSPS) is 16.7. The van der Waals surface area contributed by atoms with Crippen molar-refractivity contribution in [3.8, 4) is 0 Å². The first-order valence-electron chi connectivity index (χ1n) is 9.03. The smallest absolute Gasteiger partial charge is 0.223 e. The Labute approximate surface area is 148 Å². The van der Waals surface area contributed by atoms with E-state index in [4.69, 9.17) is 4.52 Å². The average molecular weight is 339 g/mol. The van der Waals surface area contributed by atoms with E-state index in [9.17, 15) is 0 Å². The van der Waals surface area contributed by atoms with Crippen molar-refractivity contribution >= 4 is 10.9 Å². The van der Waals surface area contributed by atoms with Crippen LogP contribution in [-0.2, 0) is 19.6 Å². The molecule has 132 valence electrons. The summed E-state index contributed by atoms with van der Waals surface area (Å²) < 4.78 is 7.34. The molecule has 1 fully saturated rings. The molecule has 1 aromatic carbocycles. The van der Waals surface area contributed by atoms with E-state index in [1.54, 1.807) is 0 Å². The molecule has 0 atom stereocenters. The summed E-state index contributed by atoms with van der Waals surface area (Å²) in [7, 11) is 0. The highest BCUT2D eigenvalue weighted by Gasteiger charge is 2.19. The highest BCUT2D eigenvalue weighted by molar-refractivity contribution is 5.80. The second-order valence-corrected chi connectivity index (χ2v) is 6.78. The van der Waals surface area contributed by atoms with Crippen LogP contribution in [0, 0.1) is 6.92 Å². The van der Waals surface area contributed by atoms with Gasteiger partial charge in [0.05, 0.1) is 6.54 Å². The van der Waals surface area contributed by atoms with Gasteiger partial charge in [-0.2, -0.15) is 4.98 Å². The molecule has 1 aliphatic heterocycles. The Morgan fingerprint density at radius 2 is 1.80 bits per heavy atom. The van der Waals surface area contributed by atoms with Gasteiger partial charge in [0.2, 0.25) is 5.89 Å². The highest BCUT2D eigenvalue weighted by atomic mass is 16.5. The van der Waals surface area contributed by atoms with Crippen molar-refractivity contribution in [2.45, 2.75) is 33.5 Å². The van der Waals surface area contributed by atoms with Gasteiger partial charge in [-0.1, -0.05) is 11.2 Å². The zero-order valence-electron chi connectivity index (χ0n) is 15.0. The minimum absolute atomic E-state index is 0.640. The van der Waals surface area contributed by atoms with Crippen LogP contribution in [0.15, 0.2) is 35.0 Å². The van der Waals surface area contributed by atoms with Crippen molar-refractivity contribution in [1.82, 2.24) is 24.5 Å². The molecule has 25 heavy (non-hydrogen) atoms. The fourth-order valence-corrected chi connectivity index (χ4v) is 3.59. The standard InChI is InChI=1S/C19H25N5O/c1-3-24-7-6-17-12-16(4-5-18(17)24)13-22-8-10-23(11-9-22)14-19-20-15(2)25-21-19/h4-7,12H,3,8-11,13-14H2,1-2H3. The van der Waals surface area contributed by atoms with Crippen LogP contribution in [-0.4, -0.2) is 50.7 Å². The largest absolute Gasteiger partial charge is 0.348 e. The van der Waals surface area contributed by atoms with Crippen LogP contribution in [0.25, 0.3) is 10.9 Å². The lowest BCUT2D eigenvalue weighted by atomic mass is 10.1. The molecule has 0 spiro atoms. The monoisotopic (exact) mass is 339 g/mol. The summed E-state index contributed by atoms with van der Waals surface area (Å²) in [5.74, 6) is 1.43. The molecule has 1 saturated heterocycles. The van der Waals surface area contributed by atoms with Gasteiger partial charge >= 0.3 is 0 Å². The summed E-state index contributed by atoms with van der Waals surface area (Å²) in [5, 5.41) is 5.33. The van der Waals surface area contributed by atoms with Gasteiger partial charge in [-0.25, -0.2) is 0 Å². The topological polar surface area (TPSA) is 50.3 Å². The predicted molar refractivity (Wildman–Crippen MR) is 97.2 cm³/mol. The van der Waals surface area contributed by atoms with E-state index >= 15 is 0 Å². The van der Waals surface area contributed by atoms with Gasteiger partial charge in [0.15, 0.2) is 5.82 Å². The molecule has 0 unspecified atom stereocenters. The first kappa shape index (κ1) is 16.3. The van der Waals surface area contributed by atoms with Crippen LogP contribution < -0.4 is 0 Å². The number of aromatic nitrogens is 3. The van der Waals surface area contributed by atoms with Crippen molar-refractivity contribution in [3.63, 3.8) is 0 Å². The van der Waals surface area contributed by atoms with E-state index in [2.05, 4.69) is 61.9 Å². The average Bonchev–Trinajstić information content (AvgIpc) is 3.22. The van der Waals surface area contributed by atoms with Crippen LogP contribution in [0.1, 0.15) is 24.2 Å². The molecule has 1 aliphatic rings. The van der Waals surface area contributed by atoms with E-state index < -0.39 is 0 Å². The highest BCUT2D eigenvalue weighted by Crippen LogP contribution is 2.19. The number of hydrogen-bond acceptors (Lipinski definition) is 5. The Balaban J connectivity index is 1.33. The van der Waals surface area contributed by atoms with Crippen molar-refractivity contribution < 1.29 is 4.52 Å². The predicted octanol–water partition coefficient (Wildman–Crippen LogP) is 2.67. The maximum absolute atomic E-state index is 5.05. The lowest BCUT2D eigenvalue weighted by molar-refractivity contribution is 0.119. The van der Waals surface area contributed by atoms with Gasteiger partial charge in [-0.15, -0.1) is 0 Å². The number of fused-ring (bicyclic) bond motifs is 1. The van der Waals surface area contributed by atoms with Gasteiger partial charge < -0.3 is 9.09 Å². The first-order valence-corrected chi connectivity index (χ1v) is 9.03. The Hall–Kier alpha value is -2.18. The number of nitrogens with zero attached hydrogens (tertiary/aromatic N) is 5. The summed E-state index contributed by atoms with van der Waals surface area (Å²) in [6, 6.07) is 9.06. The fourth-order valence-electron chi connectivity index (χ4n) is 3.59. The zero-order chi connectivity index (χ0) is 17.2. The summed E-state index contributed by atoms with van der Waals surface area (Å²) >= 11 is 0. The lowest BCUT2D eigenvalue weighted by Crippen LogP contribution is -2.45. The van der Waals surface area contributed by atoms with Crippen molar-refractivity contribution in [2.75, 3.05) is 26.2 Å². The molecule has 0 N–H and O–H groups in total. The second kappa shape index (κ2) is 6.98. The zero-order valence-corrected chi connectivity index (χ0v) is 15.0. The molecular formula is C19H25N5O. The maximum Gasteiger partial charge on any atom is 0.223 e. The van der Waals surface area contributed by atoms with E-state index in [-0.39, 0.29) is 0 Å². The molecule has 3 aromatic rings. The van der Waals surface area contributed by atoms with Crippen LogP contribution in [0.2, 0.25) is 0 Å². The van der Waals surface area contributed by atoms with Crippen molar-refractivity contribution in [1.29, 1.82) is 0 Å². The molecule has 2 aromatic heterocycles. The summed E-state index contributed by atoms with van der Waals surface area (Å²) in [6.07, 6.45) is 2.17. The Morgan fingerprint density at radius 3 is 2.48 bits per heavy atom. The second-order valence-electron chi connectivity index (χ2n) is 6.78. The summed E-state index contributed by atoms with van der Waals surface area (Å²) in [5.41, 5.74) is 2.72. The molecule has 3 heterocycles. The van der Waals surface area contributed by atoms with Crippen molar-refractivity contribution in [2.24, 2.45) is 0 Å². The molecule has 6 heteroatoms. The SMILES string of the molecule is CCn1ccc2cc(CN3CCN(Cc4noc(C)n4)CC3)ccc21. The number of rotatable bonds is 5. The van der Waals surface area contributed by atoms with E-state index in [0.29, 0.717) is 5.89 Å². The third kappa shape index (κ3) is 3.60. The molecule has 0 aliphatic carbocycles. The van der Waals surface area contributed by atoms with Gasteiger partial charge in [-0.05, 0) is 36.1 Å². The number of piperazine rings is 1. The summed E-state index contributed by atoms with van der Waals surface area (Å²) in [6.45, 7) is 11.1. The molecule has 0 bridgehead atoms. The van der Waals surface area contributed by atoms with Gasteiger partial charge in [0.25, 0.3) is 0 Å². The number of aryl methyl sites for hydroxylation is 2. The van der Waals surface area contributed by atoms with E-state index in [0.717, 1.165) is 51.6 Å². The van der Waals surface area contributed by atoms with Gasteiger partial charge in [0, 0.05) is 57.9 Å². The molecule has 4 rings (SSSR count). The van der Waals surface area contributed by atoms with Crippen LogP contribution in [0.4, 0.5) is 0 Å². The summed E-state index contributed by atoms with van der Waals surface area (Å²) in [4.78, 5) is 9.21. The number of hydrogen-bond donors (Lipinski definition) is 0. The minimum atomic E-state index is 0.640. The Morgan fingerprint density at radius 1 is 1.04 bits per heavy atom. The Kier molecular flexibility index (Phi) is 4.55. The van der Waals surface area contributed by atoms with Crippen LogP contribution in [0.3, 0.4) is 0 Å².